The quantitative estimate of drug-likeness (QED) is 0.793. The van der Waals surface area contributed by atoms with E-state index in [2.05, 4.69) is 15.5 Å². The summed E-state index contributed by atoms with van der Waals surface area (Å²) in [4.78, 5) is 15.6. The summed E-state index contributed by atoms with van der Waals surface area (Å²) in [7, 11) is 0. The normalized spacial score (nSPS) is 10.5. The molecule has 3 aromatic rings. The molecule has 0 aliphatic rings. The van der Waals surface area contributed by atoms with Crippen LogP contribution in [0.15, 0.2) is 53.1 Å². The second-order valence-electron chi connectivity index (χ2n) is 4.91. The van der Waals surface area contributed by atoms with E-state index in [1.165, 1.54) is 12.1 Å². The highest BCUT2D eigenvalue weighted by atomic mass is 19.1. The SMILES string of the molecule is CCC(=O)Nc1ccc(-c2nc(-c3ccc(F)cc3)no2)cc1. The summed E-state index contributed by atoms with van der Waals surface area (Å²) in [5.41, 5.74) is 2.12. The Kier molecular flexibility index (Phi) is 4.14. The summed E-state index contributed by atoms with van der Waals surface area (Å²) in [5.74, 6) is 0.386. The van der Waals surface area contributed by atoms with Gasteiger partial charge in [0.05, 0.1) is 0 Å². The lowest BCUT2D eigenvalue weighted by Crippen LogP contribution is -2.08. The van der Waals surface area contributed by atoms with Crippen LogP contribution in [0.1, 0.15) is 13.3 Å². The van der Waals surface area contributed by atoms with Gasteiger partial charge in [-0.2, -0.15) is 4.98 Å². The second kappa shape index (κ2) is 6.39. The fraction of sp³-hybridized carbons (Fsp3) is 0.118. The minimum atomic E-state index is -0.317. The molecule has 0 aliphatic carbocycles. The molecule has 23 heavy (non-hydrogen) atoms. The van der Waals surface area contributed by atoms with Gasteiger partial charge in [-0.05, 0) is 48.5 Å². The Bertz CT molecular complexity index is 811. The van der Waals surface area contributed by atoms with Gasteiger partial charge in [0.25, 0.3) is 5.89 Å². The van der Waals surface area contributed by atoms with Gasteiger partial charge >= 0.3 is 0 Å². The number of hydrogen-bond acceptors (Lipinski definition) is 4. The zero-order valence-corrected chi connectivity index (χ0v) is 12.4. The zero-order valence-electron chi connectivity index (χ0n) is 12.4. The highest BCUT2D eigenvalue weighted by molar-refractivity contribution is 5.90. The van der Waals surface area contributed by atoms with Crippen molar-refractivity contribution in [3.8, 4) is 22.8 Å². The third kappa shape index (κ3) is 3.42. The van der Waals surface area contributed by atoms with Crippen molar-refractivity contribution < 1.29 is 13.7 Å². The van der Waals surface area contributed by atoms with Crippen LogP contribution in [-0.2, 0) is 4.79 Å². The monoisotopic (exact) mass is 311 g/mol. The number of anilines is 1. The molecule has 0 spiro atoms. The van der Waals surface area contributed by atoms with E-state index in [4.69, 9.17) is 4.52 Å². The van der Waals surface area contributed by atoms with E-state index in [9.17, 15) is 9.18 Å². The summed E-state index contributed by atoms with van der Waals surface area (Å²) in [6.07, 6.45) is 0.423. The van der Waals surface area contributed by atoms with Gasteiger partial charge in [0, 0.05) is 23.2 Å². The average Bonchev–Trinajstić information content (AvgIpc) is 3.06. The Morgan fingerprint density at radius 1 is 1.09 bits per heavy atom. The average molecular weight is 311 g/mol. The van der Waals surface area contributed by atoms with E-state index < -0.39 is 0 Å². The van der Waals surface area contributed by atoms with Crippen molar-refractivity contribution in [2.24, 2.45) is 0 Å². The van der Waals surface area contributed by atoms with E-state index in [1.54, 1.807) is 43.3 Å². The lowest BCUT2D eigenvalue weighted by molar-refractivity contribution is -0.115. The van der Waals surface area contributed by atoms with Crippen LogP contribution in [0.4, 0.5) is 10.1 Å². The summed E-state index contributed by atoms with van der Waals surface area (Å²) in [5, 5.41) is 6.66. The largest absolute Gasteiger partial charge is 0.334 e. The topological polar surface area (TPSA) is 68.0 Å². The minimum Gasteiger partial charge on any atom is -0.334 e. The fourth-order valence-electron chi connectivity index (χ4n) is 2.00. The van der Waals surface area contributed by atoms with Crippen molar-refractivity contribution >= 4 is 11.6 Å². The maximum atomic E-state index is 12.9. The molecular formula is C17H14FN3O2. The molecule has 1 heterocycles. The lowest BCUT2D eigenvalue weighted by atomic mass is 10.2. The van der Waals surface area contributed by atoms with E-state index >= 15 is 0 Å². The van der Waals surface area contributed by atoms with Crippen molar-refractivity contribution in [1.82, 2.24) is 10.1 Å². The smallest absolute Gasteiger partial charge is 0.258 e. The van der Waals surface area contributed by atoms with Crippen LogP contribution in [-0.4, -0.2) is 16.0 Å². The number of carbonyl (C=O) groups excluding carboxylic acids is 1. The number of nitrogens with zero attached hydrogens (tertiary/aromatic N) is 2. The van der Waals surface area contributed by atoms with Gasteiger partial charge in [-0.15, -0.1) is 0 Å². The Hall–Kier alpha value is -3.02. The molecule has 0 saturated carbocycles. The van der Waals surface area contributed by atoms with Crippen molar-refractivity contribution in [3.05, 3.63) is 54.3 Å². The molecule has 1 aromatic heterocycles. The third-order valence-corrected chi connectivity index (χ3v) is 3.27. The fourth-order valence-corrected chi connectivity index (χ4v) is 2.00. The Morgan fingerprint density at radius 2 is 1.74 bits per heavy atom. The van der Waals surface area contributed by atoms with Crippen LogP contribution < -0.4 is 5.32 Å². The molecule has 0 fully saturated rings. The first kappa shape index (κ1) is 14.9. The van der Waals surface area contributed by atoms with Gasteiger partial charge in [-0.25, -0.2) is 4.39 Å². The molecule has 6 heteroatoms. The van der Waals surface area contributed by atoms with Crippen LogP contribution in [0.25, 0.3) is 22.8 Å². The van der Waals surface area contributed by atoms with Gasteiger partial charge in [0.2, 0.25) is 11.7 Å². The van der Waals surface area contributed by atoms with Gasteiger partial charge in [-0.3, -0.25) is 4.79 Å². The molecule has 1 N–H and O–H groups in total. The Labute approximate surface area is 132 Å². The molecule has 3 rings (SSSR count). The van der Waals surface area contributed by atoms with Crippen LogP contribution in [0, 0.1) is 5.82 Å². The highest BCUT2D eigenvalue weighted by Crippen LogP contribution is 2.23. The van der Waals surface area contributed by atoms with Crippen LogP contribution in [0.2, 0.25) is 0 Å². The zero-order chi connectivity index (χ0) is 16.2. The number of amides is 1. The molecule has 0 bridgehead atoms. The molecular weight excluding hydrogens is 297 g/mol. The van der Waals surface area contributed by atoms with Gasteiger partial charge in [0.1, 0.15) is 5.82 Å². The molecule has 116 valence electrons. The molecule has 5 nitrogen and oxygen atoms in total. The Balaban J connectivity index is 1.80. The molecule has 1 amide bonds. The first-order chi connectivity index (χ1) is 11.2. The molecule has 0 saturated heterocycles. The number of nitrogens with one attached hydrogen (secondary N) is 1. The first-order valence-electron chi connectivity index (χ1n) is 7.15. The number of carbonyl (C=O) groups is 1. The van der Waals surface area contributed by atoms with Crippen LogP contribution in [0.5, 0.6) is 0 Å². The summed E-state index contributed by atoms with van der Waals surface area (Å²) in [6.45, 7) is 1.79. The number of halogens is 1. The van der Waals surface area contributed by atoms with E-state index in [1.807, 2.05) is 0 Å². The van der Waals surface area contributed by atoms with Gasteiger partial charge < -0.3 is 9.84 Å². The van der Waals surface area contributed by atoms with Crippen LogP contribution in [0.3, 0.4) is 0 Å². The highest BCUT2D eigenvalue weighted by Gasteiger charge is 2.11. The summed E-state index contributed by atoms with van der Waals surface area (Å²) >= 11 is 0. The van der Waals surface area contributed by atoms with Crippen molar-refractivity contribution in [2.45, 2.75) is 13.3 Å². The number of benzene rings is 2. The molecule has 0 aliphatic heterocycles. The number of rotatable bonds is 4. The molecule has 0 atom stereocenters. The van der Waals surface area contributed by atoms with E-state index in [-0.39, 0.29) is 11.7 Å². The van der Waals surface area contributed by atoms with Crippen molar-refractivity contribution in [1.29, 1.82) is 0 Å². The van der Waals surface area contributed by atoms with Crippen LogP contribution >= 0.6 is 0 Å². The van der Waals surface area contributed by atoms with E-state index in [0.717, 1.165) is 5.56 Å². The minimum absolute atomic E-state index is 0.0471. The lowest BCUT2D eigenvalue weighted by Gasteiger charge is -2.03. The van der Waals surface area contributed by atoms with Gasteiger partial charge in [-0.1, -0.05) is 12.1 Å². The summed E-state index contributed by atoms with van der Waals surface area (Å²) in [6, 6.07) is 13.0. The maximum absolute atomic E-state index is 12.9. The van der Waals surface area contributed by atoms with Crippen molar-refractivity contribution in [3.63, 3.8) is 0 Å². The predicted molar refractivity (Wildman–Crippen MR) is 84.0 cm³/mol. The standard InChI is InChI=1S/C17H14FN3O2/c1-2-15(22)19-14-9-5-12(6-10-14)17-20-16(21-23-17)11-3-7-13(18)8-4-11/h3-10H,2H2,1H3,(H,19,22). The Morgan fingerprint density at radius 3 is 2.39 bits per heavy atom. The first-order valence-corrected chi connectivity index (χ1v) is 7.15. The van der Waals surface area contributed by atoms with Gasteiger partial charge in [0.15, 0.2) is 0 Å². The molecule has 2 aromatic carbocycles. The van der Waals surface area contributed by atoms with E-state index in [0.29, 0.717) is 29.4 Å². The van der Waals surface area contributed by atoms with Crippen molar-refractivity contribution in [2.75, 3.05) is 5.32 Å². The number of hydrogen-bond donors (Lipinski definition) is 1. The second-order valence-corrected chi connectivity index (χ2v) is 4.91. The third-order valence-electron chi connectivity index (χ3n) is 3.27. The number of aromatic nitrogens is 2. The molecule has 0 radical (unpaired) electrons. The molecule has 0 unspecified atom stereocenters. The predicted octanol–water partition coefficient (Wildman–Crippen LogP) is 3.89. The summed E-state index contributed by atoms with van der Waals surface area (Å²) < 4.78 is 18.2. The maximum Gasteiger partial charge on any atom is 0.258 e.